The summed E-state index contributed by atoms with van der Waals surface area (Å²) >= 11 is 2.75. The van der Waals surface area contributed by atoms with Crippen molar-refractivity contribution < 1.29 is 37.2 Å². The molecule has 1 heterocycles. The highest BCUT2D eigenvalue weighted by molar-refractivity contribution is 9.10. The Labute approximate surface area is 215 Å². The maximum absolute atomic E-state index is 14.3. The van der Waals surface area contributed by atoms with Crippen molar-refractivity contribution in [3.63, 3.8) is 0 Å². The first-order valence-corrected chi connectivity index (χ1v) is 10.9. The van der Waals surface area contributed by atoms with Gasteiger partial charge < -0.3 is 15.2 Å². The van der Waals surface area contributed by atoms with Crippen molar-refractivity contribution in [1.82, 2.24) is 0 Å². The number of nitriles is 1. The Morgan fingerprint density at radius 3 is 2.22 bits per heavy atom. The molecule has 0 spiro atoms. The van der Waals surface area contributed by atoms with E-state index < -0.39 is 73.0 Å². The van der Waals surface area contributed by atoms with Gasteiger partial charge in [-0.15, -0.1) is 0 Å². The maximum Gasteiger partial charge on any atom is 0.419 e. The van der Waals surface area contributed by atoms with Crippen LogP contribution in [0.1, 0.15) is 17.0 Å². The molecule has 3 rings (SSSR count). The summed E-state index contributed by atoms with van der Waals surface area (Å²) in [7, 11) is 1.84. The molecule has 0 amide bonds. The first-order valence-electron chi connectivity index (χ1n) is 10.1. The van der Waals surface area contributed by atoms with Crippen molar-refractivity contribution >= 4 is 39.2 Å². The van der Waals surface area contributed by atoms with Crippen molar-refractivity contribution in [2.45, 2.75) is 12.1 Å². The fourth-order valence-corrected chi connectivity index (χ4v) is 4.49. The van der Waals surface area contributed by atoms with E-state index in [1.807, 2.05) is 0 Å². The topological polar surface area (TPSA) is 149 Å². The predicted octanol–water partition coefficient (Wildman–Crippen LogP) is 4.27. The number of halogens is 4. The van der Waals surface area contributed by atoms with E-state index >= 15 is 0 Å². The predicted molar refractivity (Wildman–Crippen MR) is 125 cm³/mol. The highest BCUT2D eigenvalue weighted by atomic mass is 79.9. The SMILES string of the molecule is COC(=O)C1=C(C(=O)OC)N(c2c([N+](=O)[O-])ccc(Br)c2C(F)(F)F)C(N)=C(C#N)C1c1ccccc1. The maximum atomic E-state index is 14.3. The van der Waals surface area contributed by atoms with Crippen LogP contribution >= 0.6 is 15.9 Å². The number of alkyl halides is 3. The molecule has 192 valence electrons. The monoisotopic (exact) mass is 580 g/mol. The summed E-state index contributed by atoms with van der Waals surface area (Å²) in [6.45, 7) is 0. The largest absolute Gasteiger partial charge is 0.466 e. The Morgan fingerprint density at radius 1 is 1.14 bits per heavy atom. The number of ether oxygens (including phenoxy) is 2. The highest BCUT2D eigenvalue weighted by Gasteiger charge is 2.48. The molecule has 0 aromatic heterocycles. The van der Waals surface area contributed by atoms with Gasteiger partial charge in [0, 0.05) is 10.5 Å². The Morgan fingerprint density at radius 2 is 1.73 bits per heavy atom. The first-order chi connectivity index (χ1) is 17.4. The summed E-state index contributed by atoms with van der Waals surface area (Å²) in [5, 5.41) is 21.9. The number of nitrogens with two attached hydrogens (primary N) is 1. The average Bonchev–Trinajstić information content (AvgIpc) is 2.86. The average molecular weight is 581 g/mol. The van der Waals surface area contributed by atoms with E-state index in [0.717, 1.165) is 26.4 Å². The molecular formula is C23H16BrF3N4O6. The molecule has 0 aliphatic carbocycles. The summed E-state index contributed by atoms with van der Waals surface area (Å²) < 4.78 is 51.7. The molecule has 0 bridgehead atoms. The Balaban J connectivity index is 2.62. The molecule has 1 unspecified atom stereocenters. The van der Waals surface area contributed by atoms with E-state index in [2.05, 4.69) is 15.9 Å². The van der Waals surface area contributed by atoms with E-state index in [-0.39, 0.29) is 5.56 Å². The lowest BCUT2D eigenvalue weighted by Crippen LogP contribution is -2.41. The Bertz CT molecular complexity index is 1400. The third-order valence-electron chi connectivity index (χ3n) is 5.42. The van der Waals surface area contributed by atoms with E-state index in [1.54, 1.807) is 24.3 Å². The number of rotatable bonds is 5. The number of methoxy groups -OCH3 is 2. The number of nitro benzene ring substituents is 1. The molecule has 1 aliphatic rings. The molecule has 1 atom stereocenters. The molecule has 0 radical (unpaired) electrons. The van der Waals surface area contributed by atoms with E-state index in [0.29, 0.717) is 4.90 Å². The molecule has 0 saturated heterocycles. The van der Waals surface area contributed by atoms with E-state index in [1.165, 1.54) is 12.1 Å². The van der Waals surface area contributed by atoms with Crippen LogP contribution in [0.5, 0.6) is 0 Å². The van der Waals surface area contributed by atoms with Gasteiger partial charge in [0.25, 0.3) is 5.69 Å². The molecule has 0 saturated carbocycles. The van der Waals surface area contributed by atoms with Gasteiger partial charge in [-0.3, -0.25) is 15.0 Å². The minimum absolute atomic E-state index is 0.267. The van der Waals surface area contributed by atoms with Gasteiger partial charge >= 0.3 is 18.1 Å². The second-order valence-corrected chi connectivity index (χ2v) is 8.23. The van der Waals surface area contributed by atoms with Crippen molar-refractivity contribution in [2.75, 3.05) is 19.1 Å². The number of benzene rings is 2. The lowest BCUT2D eigenvalue weighted by atomic mass is 9.80. The van der Waals surface area contributed by atoms with Gasteiger partial charge in [-0.25, -0.2) is 9.59 Å². The van der Waals surface area contributed by atoms with Crippen LogP contribution in [-0.4, -0.2) is 31.1 Å². The number of esters is 2. The van der Waals surface area contributed by atoms with E-state index in [9.17, 15) is 38.1 Å². The van der Waals surface area contributed by atoms with Crippen LogP contribution in [0.15, 0.2) is 69.6 Å². The smallest absolute Gasteiger partial charge is 0.419 e. The molecule has 14 heteroatoms. The van der Waals surface area contributed by atoms with Gasteiger partial charge in [0.1, 0.15) is 22.8 Å². The first kappa shape index (κ1) is 27.2. The van der Waals surface area contributed by atoms with Gasteiger partial charge in [-0.1, -0.05) is 46.3 Å². The second-order valence-electron chi connectivity index (χ2n) is 7.38. The molecule has 37 heavy (non-hydrogen) atoms. The van der Waals surface area contributed by atoms with Gasteiger partial charge in [0.05, 0.1) is 42.3 Å². The third-order valence-corrected chi connectivity index (χ3v) is 6.08. The van der Waals surface area contributed by atoms with Gasteiger partial charge in [-0.05, 0) is 11.6 Å². The van der Waals surface area contributed by atoms with Gasteiger partial charge in [-0.2, -0.15) is 18.4 Å². The summed E-state index contributed by atoms with van der Waals surface area (Å²) in [5.41, 5.74) is 0.626. The minimum Gasteiger partial charge on any atom is -0.466 e. The van der Waals surface area contributed by atoms with Crippen LogP contribution in [0, 0.1) is 21.4 Å². The Hall–Kier alpha value is -4.38. The van der Waals surface area contributed by atoms with Crippen molar-refractivity contribution in [1.29, 1.82) is 5.26 Å². The molecule has 0 fully saturated rings. The summed E-state index contributed by atoms with van der Waals surface area (Å²) in [6, 6.07) is 11.0. The second kappa shape index (κ2) is 10.3. The summed E-state index contributed by atoms with van der Waals surface area (Å²) in [4.78, 5) is 37.2. The number of allylic oxidation sites excluding steroid dienone is 1. The minimum atomic E-state index is -5.21. The van der Waals surface area contributed by atoms with Crippen LogP contribution in [0.4, 0.5) is 24.5 Å². The number of carbonyl (C=O) groups is 2. The van der Waals surface area contributed by atoms with Crippen LogP contribution in [0.25, 0.3) is 0 Å². The van der Waals surface area contributed by atoms with E-state index in [4.69, 9.17) is 15.2 Å². The number of carbonyl (C=O) groups excluding carboxylic acids is 2. The Kier molecular flexibility index (Phi) is 7.58. The van der Waals surface area contributed by atoms with Crippen LogP contribution < -0.4 is 10.6 Å². The zero-order valence-corrected chi connectivity index (χ0v) is 20.6. The molecule has 1 aliphatic heterocycles. The normalized spacial score (nSPS) is 15.8. The summed E-state index contributed by atoms with van der Waals surface area (Å²) in [6.07, 6.45) is -5.21. The molecule has 2 aromatic carbocycles. The number of nitro groups is 1. The van der Waals surface area contributed by atoms with Gasteiger partial charge in [0.15, 0.2) is 0 Å². The number of nitrogens with zero attached hydrogens (tertiary/aromatic N) is 3. The van der Waals surface area contributed by atoms with Crippen molar-refractivity contribution in [3.05, 3.63) is 90.8 Å². The standard InChI is InChI=1S/C23H16BrF3N4O6/c1-36-21(32)16-15(11-6-4-3-5-7-11)12(10-28)20(29)30(19(16)22(33)37-2)18-14(31(34)35)9-8-13(24)17(18)23(25,26)27/h3-9,15H,29H2,1-2H3. The zero-order valence-electron chi connectivity index (χ0n) is 19.0. The van der Waals surface area contributed by atoms with Crippen molar-refractivity contribution in [2.24, 2.45) is 5.73 Å². The zero-order chi connectivity index (χ0) is 27.7. The molecule has 2 aromatic rings. The number of hydrogen-bond acceptors (Lipinski definition) is 9. The third kappa shape index (κ3) is 4.73. The fraction of sp³-hybridized carbons (Fsp3) is 0.174. The quantitative estimate of drug-likeness (QED) is 0.310. The van der Waals surface area contributed by atoms with Crippen LogP contribution in [-0.2, 0) is 25.2 Å². The molecule has 10 nitrogen and oxygen atoms in total. The highest BCUT2D eigenvalue weighted by Crippen LogP contribution is 2.51. The lowest BCUT2D eigenvalue weighted by molar-refractivity contribution is -0.384. The molecular weight excluding hydrogens is 565 g/mol. The van der Waals surface area contributed by atoms with Crippen LogP contribution in [0.2, 0.25) is 0 Å². The summed E-state index contributed by atoms with van der Waals surface area (Å²) in [5.74, 6) is -4.69. The number of hydrogen-bond donors (Lipinski definition) is 1. The number of anilines is 1. The van der Waals surface area contributed by atoms with Crippen molar-refractivity contribution in [3.8, 4) is 6.07 Å². The van der Waals surface area contributed by atoms with Gasteiger partial charge in [0.2, 0.25) is 0 Å². The molecule has 2 N–H and O–H groups in total. The fourth-order valence-electron chi connectivity index (χ4n) is 3.94. The lowest BCUT2D eigenvalue weighted by Gasteiger charge is -2.36. The van der Waals surface area contributed by atoms with Crippen LogP contribution in [0.3, 0.4) is 0 Å².